The Bertz CT molecular complexity index is 718. The van der Waals surface area contributed by atoms with E-state index < -0.39 is 28.0 Å². The van der Waals surface area contributed by atoms with Crippen molar-refractivity contribution >= 4 is 22.8 Å². The van der Waals surface area contributed by atoms with E-state index in [1.807, 2.05) is 0 Å². The number of alkyl halides is 3. The Hall–Kier alpha value is -1.83. The van der Waals surface area contributed by atoms with Crippen molar-refractivity contribution in [3.05, 3.63) is 35.4 Å². The van der Waals surface area contributed by atoms with Crippen molar-refractivity contribution in [2.45, 2.75) is 45.5 Å². The molecule has 8 heteroatoms. The van der Waals surface area contributed by atoms with Crippen molar-refractivity contribution in [1.29, 1.82) is 0 Å². The third kappa shape index (κ3) is 5.07. The Labute approximate surface area is 146 Å². The molecule has 1 aliphatic carbocycles. The van der Waals surface area contributed by atoms with E-state index in [0.717, 1.165) is 0 Å². The number of fused-ring (bicyclic) bond motifs is 1. The van der Waals surface area contributed by atoms with Crippen LogP contribution in [0.25, 0.3) is 5.76 Å². The largest absolute Gasteiger partial charge is 0.508 e. The lowest BCUT2D eigenvalue weighted by atomic mass is 9.97. The summed E-state index contributed by atoms with van der Waals surface area (Å²) < 4.78 is 58.7. The van der Waals surface area contributed by atoms with Gasteiger partial charge in [-0.25, -0.2) is 4.21 Å². The van der Waals surface area contributed by atoms with Crippen LogP contribution in [0, 0.1) is 5.41 Å². The molecule has 0 radical (unpaired) electrons. The molecule has 1 atom stereocenters. The molecule has 138 valence electrons. The van der Waals surface area contributed by atoms with Gasteiger partial charge in [-0.15, -0.1) is 0 Å². The maximum Gasteiger partial charge on any atom is 0.508 e. The van der Waals surface area contributed by atoms with Gasteiger partial charge in [-0.2, -0.15) is 13.2 Å². The molecule has 0 saturated carbocycles. The number of allylic oxidation sites excluding steroid dienone is 1. The number of hydrogen-bond donors (Lipinski definition) is 0. The minimum absolute atomic E-state index is 0.0724. The second-order valence-electron chi connectivity index (χ2n) is 6.68. The van der Waals surface area contributed by atoms with E-state index in [1.54, 1.807) is 26.8 Å². The third-order valence-electron chi connectivity index (χ3n) is 3.50. The van der Waals surface area contributed by atoms with Crippen molar-refractivity contribution < 1.29 is 31.1 Å². The van der Waals surface area contributed by atoms with Gasteiger partial charge in [0, 0.05) is 5.56 Å². The summed E-state index contributed by atoms with van der Waals surface area (Å²) in [5.74, 6) is -0.167. The van der Waals surface area contributed by atoms with Crippen LogP contribution < -0.4 is 4.74 Å². The zero-order valence-corrected chi connectivity index (χ0v) is 14.9. The Kier molecular flexibility index (Phi) is 5.61. The van der Waals surface area contributed by atoms with Crippen molar-refractivity contribution in [3.63, 3.8) is 0 Å². The lowest BCUT2D eigenvalue weighted by Gasteiger charge is -2.18. The number of ether oxygens (including phenoxy) is 1. The van der Waals surface area contributed by atoms with E-state index in [2.05, 4.69) is 4.18 Å². The van der Waals surface area contributed by atoms with Gasteiger partial charge >= 0.3 is 22.6 Å². The SMILES string of the molecule is CC(C)(C)C(=O)Oc1ccc2c(c1)CCCC=C2OS(=O)C(F)(F)F. The molecule has 0 N–H and O–H groups in total. The fourth-order valence-corrected chi connectivity index (χ4v) is 2.60. The predicted molar refractivity (Wildman–Crippen MR) is 87.7 cm³/mol. The van der Waals surface area contributed by atoms with E-state index in [1.165, 1.54) is 18.2 Å². The summed E-state index contributed by atoms with van der Waals surface area (Å²) in [6, 6.07) is 4.62. The number of rotatable bonds is 3. The van der Waals surface area contributed by atoms with E-state index >= 15 is 0 Å². The fraction of sp³-hybridized carbons (Fsp3) is 0.471. The number of carbonyl (C=O) groups is 1. The maximum absolute atomic E-state index is 12.5. The highest BCUT2D eigenvalue weighted by Crippen LogP contribution is 2.33. The molecule has 1 aromatic carbocycles. The van der Waals surface area contributed by atoms with Crippen LogP contribution in [0.2, 0.25) is 0 Å². The summed E-state index contributed by atoms with van der Waals surface area (Å²) in [6.45, 7) is 5.17. The molecule has 0 aromatic heterocycles. The van der Waals surface area contributed by atoms with Crippen molar-refractivity contribution in [2.75, 3.05) is 0 Å². The molecule has 0 spiro atoms. The van der Waals surface area contributed by atoms with Crippen molar-refractivity contribution in [1.82, 2.24) is 0 Å². The number of halogens is 3. The number of benzene rings is 1. The van der Waals surface area contributed by atoms with Crippen molar-refractivity contribution in [3.8, 4) is 5.75 Å². The van der Waals surface area contributed by atoms with Gasteiger partial charge in [0.2, 0.25) is 0 Å². The lowest BCUT2D eigenvalue weighted by molar-refractivity contribution is -0.143. The Morgan fingerprint density at radius 1 is 1.20 bits per heavy atom. The lowest BCUT2D eigenvalue weighted by Crippen LogP contribution is -2.25. The molecule has 0 aliphatic heterocycles. The Morgan fingerprint density at radius 2 is 1.88 bits per heavy atom. The quantitative estimate of drug-likeness (QED) is 0.575. The molecule has 0 amide bonds. The van der Waals surface area contributed by atoms with Gasteiger partial charge < -0.3 is 8.92 Å². The molecule has 4 nitrogen and oxygen atoms in total. The van der Waals surface area contributed by atoms with E-state index in [0.29, 0.717) is 36.1 Å². The number of hydrogen-bond acceptors (Lipinski definition) is 4. The third-order valence-corrected chi connectivity index (χ3v) is 4.21. The van der Waals surface area contributed by atoms with Crippen molar-refractivity contribution in [2.24, 2.45) is 5.41 Å². The van der Waals surface area contributed by atoms with Crippen LogP contribution in [-0.4, -0.2) is 15.7 Å². The summed E-state index contributed by atoms with van der Waals surface area (Å²) in [7, 11) is 0. The molecule has 1 aromatic rings. The molecular weight excluding hydrogens is 357 g/mol. The average Bonchev–Trinajstić information content (AvgIpc) is 2.67. The number of aryl methyl sites for hydroxylation is 1. The first-order chi connectivity index (χ1) is 11.5. The van der Waals surface area contributed by atoms with Gasteiger partial charge in [0.25, 0.3) is 0 Å². The van der Waals surface area contributed by atoms with Crippen LogP contribution in [0.4, 0.5) is 13.2 Å². The Balaban J connectivity index is 2.27. The Morgan fingerprint density at radius 3 is 2.48 bits per heavy atom. The van der Waals surface area contributed by atoms with Gasteiger partial charge in [0.15, 0.2) is 0 Å². The molecule has 0 saturated heterocycles. The van der Waals surface area contributed by atoms with Crippen LogP contribution in [0.15, 0.2) is 24.3 Å². The minimum atomic E-state index is -4.95. The predicted octanol–water partition coefficient (Wildman–Crippen LogP) is 4.52. The van der Waals surface area contributed by atoms with E-state index in [4.69, 9.17) is 4.74 Å². The minimum Gasteiger partial charge on any atom is -0.426 e. The van der Waals surface area contributed by atoms with E-state index in [9.17, 15) is 22.2 Å². The fourth-order valence-electron chi connectivity index (χ4n) is 2.18. The molecule has 0 bridgehead atoms. The monoisotopic (exact) mass is 376 g/mol. The highest BCUT2D eigenvalue weighted by atomic mass is 32.2. The molecule has 25 heavy (non-hydrogen) atoms. The van der Waals surface area contributed by atoms with Gasteiger partial charge in [0.05, 0.1) is 5.41 Å². The molecule has 0 fully saturated rings. The van der Waals surface area contributed by atoms with Gasteiger partial charge in [-0.1, -0.05) is 0 Å². The zero-order valence-electron chi connectivity index (χ0n) is 14.1. The highest BCUT2D eigenvalue weighted by molar-refractivity contribution is 7.81. The molecule has 2 rings (SSSR count). The molecular formula is C17H19F3O4S. The standard InChI is InChI=1S/C17H19F3O4S/c1-16(2,3)15(21)23-12-8-9-13-11(10-12)6-4-5-7-14(13)24-25(22)17(18,19)20/h7-10H,4-6H2,1-3H3. The number of esters is 1. The summed E-state index contributed by atoms with van der Waals surface area (Å²) in [5.41, 5.74) is -4.52. The first kappa shape index (κ1) is 19.5. The van der Waals surface area contributed by atoms with Crippen LogP contribution >= 0.6 is 0 Å². The van der Waals surface area contributed by atoms with Gasteiger partial charge in [-0.05, 0) is 69.9 Å². The van der Waals surface area contributed by atoms with E-state index in [-0.39, 0.29) is 5.76 Å². The van der Waals surface area contributed by atoms with Crippen LogP contribution in [-0.2, 0) is 26.5 Å². The molecule has 1 aliphatic rings. The van der Waals surface area contributed by atoms with Crippen LogP contribution in [0.1, 0.15) is 44.7 Å². The second kappa shape index (κ2) is 7.19. The summed E-state index contributed by atoms with van der Waals surface area (Å²) in [4.78, 5) is 12.0. The van der Waals surface area contributed by atoms with Gasteiger partial charge in [0.1, 0.15) is 11.5 Å². The smallest absolute Gasteiger partial charge is 0.426 e. The average molecular weight is 376 g/mol. The second-order valence-corrected chi connectivity index (χ2v) is 7.78. The summed E-state index contributed by atoms with van der Waals surface area (Å²) >= 11 is -3.43. The van der Waals surface area contributed by atoms with Crippen LogP contribution in [0.3, 0.4) is 0 Å². The zero-order chi connectivity index (χ0) is 18.8. The number of carbonyl (C=O) groups excluding carboxylic acids is 1. The first-order valence-corrected chi connectivity index (χ1v) is 8.78. The first-order valence-electron chi connectivity index (χ1n) is 7.71. The normalized spacial score (nSPS) is 16.3. The maximum atomic E-state index is 12.5. The highest BCUT2D eigenvalue weighted by Gasteiger charge is 2.40. The summed E-state index contributed by atoms with van der Waals surface area (Å²) in [5, 5.41) is 0. The molecule has 1 unspecified atom stereocenters. The molecule has 0 heterocycles. The van der Waals surface area contributed by atoms with Crippen LogP contribution in [0.5, 0.6) is 5.75 Å². The topological polar surface area (TPSA) is 52.6 Å². The van der Waals surface area contributed by atoms with Gasteiger partial charge in [-0.3, -0.25) is 4.79 Å². The summed E-state index contributed by atoms with van der Waals surface area (Å²) in [6.07, 6.45) is 3.26.